The van der Waals surface area contributed by atoms with Crippen LogP contribution in [0.25, 0.3) is 0 Å². The quantitative estimate of drug-likeness (QED) is 0.574. The van der Waals surface area contributed by atoms with Crippen molar-refractivity contribution >= 4 is 58.6 Å². The fourth-order valence-corrected chi connectivity index (χ4v) is 6.63. The first-order valence-corrected chi connectivity index (χ1v) is 10.4. The minimum Gasteiger partial charge on any atom is -0.450 e. The van der Waals surface area contributed by atoms with Gasteiger partial charge in [-0.15, -0.1) is 0 Å². The van der Waals surface area contributed by atoms with E-state index >= 15 is 0 Å². The lowest BCUT2D eigenvalue weighted by atomic mass is 10.4. The van der Waals surface area contributed by atoms with Crippen molar-refractivity contribution in [2.75, 3.05) is 6.61 Å². The summed E-state index contributed by atoms with van der Waals surface area (Å²) in [6, 6.07) is 17.3. The number of ether oxygens (including phenoxy) is 1. The van der Waals surface area contributed by atoms with Crippen molar-refractivity contribution in [3.63, 3.8) is 0 Å². The Bertz CT molecular complexity index is 707. The van der Waals surface area contributed by atoms with Gasteiger partial charge in [-0.2, -0.15) is 0 Å². The molecule has 0 heterocycles. The molecule has 2 aromatic carbocycles. The lowest BCUT2D eigenvalue weighted by molar-refractivity contribution is 0.151. The summed E-state index contributed by atoms with van der Waals surface area (Å²) in [6.45, 7) is 1.79. The molecule has 0 aliphatic carbocycles. The molecule has 8 heteroatoms. The van der Waals surface area contributed by atoms with Crippen molar-refractivity contribution in [3.05, 3.63) is 60.7 Å². The standard InChI is InChI=1S/C17H17Cl3NO3P/c1-2-24-16(22)21-15(17(18,19)20)25(23,13-9-5-3-6-10-13)14-11-7-4-8-12-14/h3-12,15H,2H2,1H3,(H,21,22)/t15-/m0/s1. The van der Waals surface area contributed by atoms with Gasteiger partial charge < -0.3 is 14.6 Å². The zero-order chi connectivity index (χ0) is 18.5. The van der Waals surface area contributed by atoms with Gasteiger partial charge in [0, 0.05) is 10.6 Å². The molecule has 1 amide bonds. The Morgan fingerprint density at radius 1 is 1.04 bits per heavy atom. The van der Waals surface area contributed by atoms with Gasteiger partial charge in [-0.25, -0.2) is 4.79 Å². The summed E-state index contributed by atoms with van der Waals surface area (Å²) in [5, 5.41) is 3.41. The highest BCUT2D eigenvalue weighted by atomic mass is 35.6. The first-order valence-electron chi connectivity index (χ1n) is 7.51. The SMILES string of the molecule is CCOC(=O)N[C@H](C(Cl)(Cl)Cl)P(=O)(c1ccccc1)c1ccccc1. The van der Waals surface area contributed by atoms with Gasteiger partial charge in [0.2, 0.25) is 3.79 Å². The molecule has 2 rings (SSSR count). The molecule has 25 heavy (non-hydrogen) atoms. The molecule has 0 aromatic heterocycles. The zero-order valence-corrected chi connectivity index (χ0v) is 16.5. The van der Waals surface area contributed by atoms with Crippen LogP contribution in [0.15, 0.2) is 60.7 Å². The zero-order valence-electron chi connectivity index (χ0n) is 13.4. The molecule has 0 bridgehead atoms. The van der Waals surface area contributed by atoms with E-state index in [1.807, 2.05) is 0 Å². The van der Waals surface area contributed by atoms with Gasteiger partial charge in [0.05, 0.1) is 6.61 Å². The number of carbonyl (C=O) groups is 1. The van der Waals surface area contributed by atoms with E-state index in [-0.39, 0.29) is 6.61 Å². The summed E-state index contributed by atoms with van der Waals surface area (Å²) in [4.78, 5) is 12.0. The molecule has 134 valence electrons. The number of carbonyl (C=O) groups excluding carboxylic acids is 1. The van der Waals surface area contributed by atoms with E-state index in [1.54, 1.807) is 67.6 Å². The molecule has 4 nitrogen and oxygen atoms in total. The molecule has 0 saturated heterocycles. The molecule has 1 N–H and O–H groups in total. The highest BCUT2D eigenvalue weighted by molar-refractivity contribution is 7.79. The van der Waals surface area contributed by atoms with E-state index in [9.17, 15) is 9.36 Å². The summed E-state index contributed by atoms with van der Waals surface area (Å²) >= 11 is 18.3. The second-order valence-electron chi connectivity index (χ2n) is 5.14. The van der Waals surface area contributed by atoms with E-state index in [0.717, 1.165) is 0 Å². The maximum absolute atomic E-state index is 14.2. The van der Waals surface area contributed by atoms with Crippen molar-refractivity contribution in [2.45, 2.75) is 16.5 Å². The van der Waals surface area contributed by atoms with Crippen LogP contribution in [-0.4, -0.2) is 22.3 Å². The van der Waals surface area contributed by atoms with Gasteiger partial charge in [-0.05, 0) is 6.92 Å². The summed E-state index contributed by atoms with van der Waals surface area (Å²) < 4.78 is 17.0. The smallest absolute Gasteiger partial charge is 0.407 e. The molecule has 0 spiro atoms. The first kappa shape index (κ1) is 20.1. The molecular formula is C17H17Cl3NO3P. The number of hydrogen-bond donors (Lipinski definition) is 1. The van der Waals surface area contributed by atoms with Crippen LogP contribution in [0.2, 0.25) is 0 Å². The Morgan fingerprint density at radius 3 is 1.84 bits per heavy atom. The number of benzene rings is 2. The lowest BCUT2D eigenvalue weighted by Gasteiger charge is -2.33. The molecule has 2 aromatic rings. The Balaban J connectivity index is 2.63. The maximum Gasteiger partial charge on any atom is 0.407 e. The average Bonchev–Trinajstić information content (AvgIpc) is 2.60. The molecular weight excluding hydrogens is 404 g/mol. The minimum atomic E-state index is -3.54. The van der Waals surface area contributed by atoms with Crippen LogP contribution in [0.5, 0.6) is 0 Å². The van der Waals surface area contributed by atoms with Crippen LogP contribution < -0.4 is 15.9 Å². The predicted molar refractivity (Wildman–Crippen MR) is 104 cm³/mol. The van der Waals surface area contributed by atoms with Crippen LogP contribution in [-0.2, 0) is 9.30 Å². The van der Waals surface area contributed by atoms with E-state index in [4.69, 9.17) is 39.5 Å². The van der Waals surface area contributed by atoms with Crippen LogP contribution >= 0.6 is 41.9 Å². The topological polar surface area (TPSA) is 55.4 Å². The second-order valence-corrected chi connectivity index (χ2v) is 10.4. The largest absolute Gasteiger partial charge is 0.450 e. The van der Waals surface area contributed by atoms with E-state index in [0.29, 0.717) is 10.6 Å². The van der Waals surface area contributed by atoms with E-state index < -0.39 is 22.8 Å². The van der Waals surface area contributed by atoms with Crippen LogP contribution in [0, 0.1) is 0 Å². The van der Waals surface area contributed by atoms with Crippen molar-refractivity contribution in [1.29, 1.82) is 0 Å². The molecule has 1 atom stereocenters. The Morgan fingerprint density at radius 2 is 1.48 bits per heavy atom. The molecule has 0 saturated carbocycles. The number of amides is 1. The van der Waals surface area contributed by atoms with Gasteiger partial charge in [-0.1, -0.05) is 95.5 Å². The lowest BCUT2D eigenvalue weighted by Crippen LogP contribution is -2.47. The fourth-order valence-electron chi connectivity index (χ4n) is 2.41. The van der Waals surface area contributed by atoms with Crippen molar-refractivity contribution < 1.29 is 14.1 Å². The minimum absolute atomic E-state index is 0.138. The van der Waals surface area contributed by atoms with Crippen molar-refractivity contribution in [3.8, 4) is 0 Å². The predicted octanol–water partition coefficient (Wildman–Crippen LogP) is 4.44. The average molecular weight is 421 g/mol. The third kappa shape index (κ3) is 4.71. The van der Waals surface area contributed by atoms with Crippen LogP contribution in [0.3, 0.4) is 0 Å². The van der Waals surface area contributed by atoms with Gasteiger partial charge in [0.25, 0.3) is 0 Å². The van der Waals surface area contributed by atoms with Gasteiger partial charge >= 0.3 is 6.09 Å². The normalized spacial score (nSPS) is 13.1. The third-order valence-corrected chi connectivity index (χ3v) is 7.97. The number of nitrogens with one attached hydrogen (secondary N) is 1. The number of hydrogen-bond acceptors (Lipinski definition) is 3. The highest BCUT2D eigenvalue weighted by Gasteiger charge is 2.49. The number of rotatable bonds is 5. The monoisotopic (exact) mass is 419 g/mol. The summed E-state index contributed by atoms with van der Waals surface area (Å²) in [5.41, 5.74) is 0. The molecule has 0 radical (unpaired) electrons. The van der Waals surface area contributed by atoms with Crippen molar-refractivity contribution in [2.24, 2.45) is 0 Å². The Kier molecular flexibility index (Phi) is 6.81. The second kappa shape index (κ2) is 8.46. The molecule has 0 unspecified atom stereocenters. The van der Waals surface area contributed by atoms with Crippen LogP contribution in [0.4, 0.5) is 4.79 Å². The molecule has 0 aliphatic rings. The third-order valence-electron chi connectivity index (χ3n) is 3.48. The van der Waals surface area contributed by atoms with Crippen LogP contribution in [0.1, 0.15) is 6.92 Å². The number of alkyl halides is 3. The highest BCUT2D eigenvalue weighted by Crippen LogP contribution is 2.55. The van der Waals surface area contributed by atoms with Gasteiger partial charge in [0.15, 0.2) is 7.14 Å². The molecule has 0 aliphatic heterocycles. The summed E-state index contributed by atoms with van der Waals surface area (Å²) in [6.07, 6.45) is -0.800. The summed E-state index contributed by atoms with van der Waals surface area (Å²) in [5.74, 6) is -1.30. The fraction of sp³-hybridized carbons (Fsp3) is 0.235. The number of halogens is 3. The van der Waals surface area contributed by atoms with Gasteiger partial charge in [0.1, 0.15) is 5.78 Å². The number of alkyl carbamates (subject to hydrolysis) is 1. The van der Waals surface area contributed by atoms with Gasteiger partial charge in [-0.3, -0.25) is 0 Å². The first-order chi connectivity index (χ1) is 11.8. The Labute approximate surface area is 161 Å². The molecule has 0 fully saturated rings. The van der Waals surface area contributed by atoms with E-state index in [1.165, 1.54) is 0 Å². The van der Waals surface area contributed by atoms with Crippen molar-refractivity contribution in [1.82, 2.24) is 5.32 Å². The Hall–Kier alpha value is -1.19. The van der Waals surface area contributed by atoms with E-state index in [2.05, 4.69) is 5.32 Å². The maximum atomic E-state index is 14.2. The summed E-state index contributed by atoms with van der Waals surface area (Å²) in [7, 11) is -3.54.